The van der Waals surface area contributed by atoms with Crippen LogP contribution >= 0.6 is 11.6 Å². The van der Waals surface area contributed by atoms with Crippen LogP contribution in [0.1, 0.15) is 27.9 Å². The molecule has 94 valence electrons. The number of alkyl halides is 5. The molecule has 17 heavy (non-hydrogen) atoms. The van der Waals surface area contributed by atoms with Gasteiger partial charge in [-0.25, -0.2) is 18.6 Å². The highest BCUT2D eigenvalue weighted by Crippen LogP contribution is 2.39. The average Bonchev–Trinajstić information content (AvgIpc) is 2.14. The topological polar surface area (TPSA) is 50.2 Å². The standard InChI is InChI=1S/C8H3ClF5NO2/c9-5-4(8(12,13)14)3(7(16)17)2(1-15-5)6(10)11/h1,6H,(H,16,17). The zero-order chi connectivity index (χ0) is 13.4. The molecule has 0 saturated heterocycles. The summed E-state index contributed by atoms with van der Waals surface area (Å²) in [6, 6.07) is 0. The molecule has 0 saturated carbocycles. The number of carboxylic acid groups (broad SMARTS) is 1. The molecule has 0 fully saturated rings. The van der Waals surface area contributed by atoms with E-state index in [9.17, 15) is 26.7 Å². The number of carbonyl (C=O) groups is 1. The minimum atomic E-state index is -5.18. The van der Waals surface area contributed by atoms with Crippen LogP contribution in [0, 0.1) is 0 Å². The number of pyridine rings is 1. The number of aromatic nitrogens is 1. The minimum Gasteiger partial charge on any atom is -0.478 e. The van der Waals surface area contributed by atoms with E-state index in [-0.39, 0.29) is 0 Å². The van der Waals surface area contributed by atoms with Crippen LogP contribution in [0.4, 0.5) is 22.0 Å². The second-order valence-corrected chi connectivity index (χ2v) is 3.22. The Kier molecular flexibility index (Phi) is 3.56. The van der Waals surface area contributed by atoms with Crippen molar-refractivity contribution in [1.82, 2.24) is 4.98 Å². The molecule has 0 radical (unpaired) electrons. The van der Waals surface area contributed by atoms with Gasteiger partial charge in [-0.3, -0.25) is 0 Å². The van der Waals surface area contributed by atoms with Crippen molar-refractivity contribution in [2.24, 2.45) is 0 Å². The molecule has 0 aliphatic heterocycles. The zero-order valence-electron chi connectivity index (χ0n) is 7.73. The van der Waals surface area contributed by atoms with Crippen LogP contribution in [0.15, 0.2) is 6.20 Å². The Labute approximate surface area is 95.8 Å². The lowest BCUT2D eigenvalue weighted by Gasteiger charge is -2.14. The van der Waals surface area contributed by atoms with Gasteiger partial charge in [-0.1, -0.05) is 11.6 Å². The molecule has 0 aromatic carbocycles. The molecule has 0 aliphatic rings. The molecule has 0 aliphatic carbocycles. The molecule has 0 atom stereocenters. The van der Waals surface area contributed by atoms with Gasteiger partial charge in [-0.15, -0.1) is 0 Å². The van der Waals surface area contributed by atoms with Crippen molar-refractivity contribution in [3.8, 4) is 0 Å². The first-order chi connectivity index (χ1) is 7.66. The van der Waals surface area contributed by atoms with Gasteiger partial charge in [-0.2, -0.15) is 13.2 Å². The number of aromatic carboxylic acids is 1. The number of hydrogen-bond acceptors (Lipinski definition) is 2. The molecule has 3 nitrogen and oxygen atoms in total. The number of halogens is 6. The molecule has 1 rings (SSSR count). The van der Waals surface area contributed by atoms with Gasteiger partial charge in [0.05, 0.1) is 11.1 Å². The quantitative estimate of drug-likeness (QED) is 0.665. The van der Waals surface area contributed by atoms with E-state index in [1.165, 1.54) is 0 Å². The van der Waals surface area contributed by atoms with Crippen molar-refractivity contribution in [1.29, 1.82) is 0 Å². The van der Waals surface area contributed by atoms with E-state index in [4.69, 9.17) is 16.7 Å². The summed E-state index contributed by atoms with van der Waals surface area (Å²) >= 11 is 5.10. The lowest BCUT2D eigenvalue weighted by Crippen LogP contribution is -2.17. The molecule has 0 bridgehead atoms. The summed E-state index contributed by atoms with van der Waals surface area (Å²) in [5, 5.41) is 7.38. The lowest BCUT2D eigenvalue weighted by molar-refractivity contribution is -0.138. The van der Waals surface area contributed by atoms with Crippen molar-refractivity contribution in [2.75, 3.05) is 0 Å². The van der Waals surface area contributed by atoms with Crippen molar-refractivity contribution in [2.45, 2.75) is 12.6 Å². The Morgan fingerprint density at radius 3 is 2.29 bits per heavy atom. The van der Waals surface area contributed by atoms with Crippen LogP contribution in [0.2, 0.25) is 5.15 Å². The molecular weight excluding hydrogens is 273 g/mol. The predicted molar refractivity (Wildman–Crippen MR) is 46.2 cm³/mol. The van der Waals surface area contributed by atoms with Crippen molar-refractivity contribution in [3.05, 3.63) is 28.0 Å². The van der Waals surface area contributed by atoms with Gasteiger partial charge in [-0.05, 0) is 0 Å². The molecule has 1 N–H and O–H groups in total. The largest absolute Gasteiger partial charge is 0.478 e. The van der Waals surface area contributed by atoms with Gasteiger partial charge in [0.1, 0.15) is 10.7 Å². The van der Waals surface area contributed by atoms with Crippen LogP contribution in [0.3, 0.4) is 0 Å². The Balaban J connectivity index is 3.67. The summed E-state index contributed by atoms with van der Waals surface area (Å²) in [6.45, 7) is 0. The fraction of sp³-hybridized carbons (Fsp3) is 0.250. The van der Waals surface area contributed by atoms with Gasteiger partial charge in [0.15, 0.2) is 0 Å². The Hall–Kier alpha value is -1.44. The average molecular weight is 276 g/mol. The van der Waals surface area contributed by atoms with E-state index in [2.05, 4.69) is 4.98 Å². The van der Waals surface area contributed by atoms with Crippen molar-refractivity contribution < 1.29 is 31.9 Å². The normalized spacial score (nSPS) is 11.9. The van der Waals surface area contributed by atoms with E-state index in [1.54, 1.807) is 0 Å². The van der Waals surface area contributed by atoms with E-state index in [0.29, 0.717) is 6.20 Å². The number of hydrogen-bond donors (Lipinski definition) is 1. The van der Waals surface area contributed by atoms with Gasteiger partial charge in [0.2, 0.25) is 0 Å². The molecule has 0 spiro atoms. The molecule has 1 heterocycles. The highest BCUT2D eigenvalue weighted by molar-refractivity contribution is 6.30. The highest BCUT2D eigenvalue weighted by Gasteiger charge is 2.41. The summed E-state index contributed by atoms with van der Waals surface area (Å²) in [6.07, 6.45) is -8.26. The fourth-order valence-corrected chi connectivity index (χ4v) is 1.41. The molecule has 0 amide bonds. The Morgan fingerprint density at radius 2 is 1.94 bits per heavy atom. The molecule has 0 unspecified atom stereocenters. The third-order valence-electron chi connectivity index (χ3n) is 1.79. The van der Waals surface area contributed by atoms with Gasteiger partial charge in [0, 0.05) is 6.20 Å². The third-order valence-corrected chi connectivity index (χ3v) is 2.08. The van der Waals surface area contributed by atoms with Crippen LogP contribution in [-0.4, -0.2) is 16.1 Å². The minimum absolute atomic E-state index is 0.311. The van der Waals surface area contributed by atoms with Crippen LogP contribution in [0.5, 0.6) is 0 Å². The SMILES string of the molecule is O=C(O)c1c(C(F)F)cnc(Cl)c1C(F)(F)F. The smallest absolute Gasteiger partial charge is 0.420 e. The monoisotopic (exact) mass is 275 g/mol. The zero-order valence-corrected chi connectivity index (χ0v) is 8.48. The van der Waals surface area contributed by atoms with E-state index in [0.717, 1.165) is 0 Å². The van der Waals surface area contributed by atoms with Crippen LogP contribution in [-0.2, 0) is 6.18 Å². The summed E-state index contributed by atoms with van der Waals surface area (Å²) < 4.78 is 62.2. The number of rotatable bonds is 2. The first kappa shape index (κ1) is 13.6. The fourth-order valence-electron chi connectivity index (χ4n) is 1.16. The summed E-state index contributed by atoms with van der Waals surface area (Å²) in [5.74, 6) is -2.14. The summed E-state index contributed by atoms with van der Waals surface area (Å²) in [5.41, 5.74) is -4.77. The Morgan fingerprint density at radius 1 is 1.41 bits per heavy atom. The van der Waals surface area contributed by atoms with E-state index in [1.807, 2.05) is 0 Å². The van der Waals surface area contributed by atoms with Crippen molar-refractivity contribution in [3.63, 3.8) is 0 Å². The van der Waals surface area contributed by atoms with Gasteiger partial charge in [0.25, 0.3) is 6.43 Å². The summed E-state index contributed by atoms with van der Waals surface area (Å²) in [7, 11) is 0. The summed E-state index contributed by atoms with van der Waals surface area (Å²) in [4.78, 5) is 13.5. The van der Waals surface area contributed by atoms with Gasteiger partial charge < -0.3 is 5.11 Å². The molecular formula is C8H3ClF5NO2. The van der Waals surface area contributed by atoms with Gasteiger partial charge >= 0.3 is 12.1 Å². The third kappa shape index (κ3) is 2.63. The maximum atomic E-state index is 12.5. The highest BCUT2D eigenvalue weighted by atomic mass is 35.5. The maximum Gasteiger partial charge on any atom is 0.420 e. The lowest BCUT2D eigenvalue weighted by atomic mass is 10.0. The van der Waals surface area contributed by atoms with E-state index >= 15 is 0 Å². The van der Waals surface area contributed by atoms with Crippen LogP contribution in [0.25, 0.3) is 0 Å². The second-order valence-electron chi connectivity index (χ2n) is 2.86. The Bertz CT molecular complexity index is 460. The molecule has 1 aromatic rings. The second kappa shape index (κ2) is 4.44. The van der Waals surface area contributed by atoms with Crippen LogP contribution < -0.4 is 0 Å². The maximum absolute atomic E-state index is 12.5. The first-order valence-corrected chi connectivity index (χ1v) is 4.31. The number of nitrogens with zero attached hydrogens (tertiary/aromatic N) is 1. The first-order valence-electron chi connectivity index (χ1n) is 3.93. The molecule has 9 heteroatoms. The van der Waals surface area contributed by atoms with Crippen molar-refractivity contribution >= 4 is 17.6 Å². The number of carboxylic acids is 1. The predicted octanol–water partition coefficient (Wildman–Crippen LogP) is 3.39. The van der Waals surface area contributed by atoms with E-state index < -0.39 is 40.4 Å². The molecule has 1 aromatic heterocycles.